The van der Waals surface area contributed by atoms with Gasteiger partial charge in [0.05, 0.1) is 16.4 Å². The summed E-state index contributed by atoms with van der Waals surface area (Å²) in [6, 6.07) is 13.5. The van der Waals surface area contributed by atoms with E-state index in [4.69, 9.17) is 0 Å². The second kappa shape index (κ2) is 6.05. The fourth-order valence-electron chi connectivity index (χ4n) is 1.56. The second-order valence-electron chi connectivity index (χ2n) is 4.03. The summed E-state index contributed by atoms with van der Waals surface area (Å²) in [4.78, 5) is 0.649. The molecule has 1 nitrogen and oxygen atoms in total. The van der Waals surface area contributed by atoms with Gasteiger partial charge in [-0.2, -0.15) is 13.2 Å². The molecule has 0 heterocycles. The van der Waals surface area contributed by atoms with Gasteiger partial charge in [-0.1, -0.05) is 30.3 Å². The molecule has 0 aliphatic carbocycles. The highest BCUT2D eigenvalue weighted by atomic mass is 32.2. The van der Waals surface area contributed by atoms with Crippen LogP contribution in [0.1, 0.15) is 11.1 Å². The van der Waals surface area contributed by atoms with Crippen LogP contribution in [0.4, 0.5) is 13.2 Å². The lowest BCUT2D eigenvalue weighted by atomic mass is 10.1. The predicted molar refractivity (Wildman–Crippen MR) is 73.3 cm³/mol. The van der Waals surface area contributed by atoms with Crippen LogP contribution in [0.15, 0.2) is 64.9 Å². The van der Waals surface area contributed by atoms with Gasteiger partial charge in [0.1, 0.15) is 0 Å². The largest absolute Gasteiger partial charge is 0.416 e. The van der Waals surface area contributed by atoms with Gasteiger partial charge in [0.25, 0.3) is 0 Å². The van der Waals surface area contributed by atoms with Crippen LogP contribution in [0.5, 0.6) is 0 Å². The highest BCUT2D eigenvalue weighted by Crippen LogP contribution is 2.29. The van der Waals surface area contributed by atoms with E-state index in [0.29, 0.717) is 10.5 Å². The Hall–Kier alpha value is -1.88. The van der Waals surface area contributed by atoms with E-state index >= 15 is 0 Å². The van der Waals surface area contributed by atoms with Crippen LogP contribution in [0.25, 0.3) is 6.08 Å². The molecule has 0 bridgehead atoms. The summed E-state index contributed by atoms with van der Waals surface area (Å²) < 4.78 is 49.1. The highest BCUT2D eigenvalue weighted by Gasteiger charge is 2.29. The molecule has 104 valence electrons. The van der Waals surface area contributed by atoms with Crippen molar-refractivity contribution in [3.63, 3.8) is 0 Å². The third-order valence-electron chi connectivity index (χ3n) is 2.60. The molecule has 0 saturated carbocycles. The van der Waals surface area contributed by atoms with Crippen molar-refractivity contribution in [1.82, 2.24) is 0 Å². The molecule has 1 unspecified atom stereocenters. The average molecular weight is 296 g/mol. The Balaban J connectivity index is 2.11. The smallest absolute Gasteiger partial charge is 0.250 e. The maximum absolute atomic E-state index is 12.4. The van der Waals surface area contributed by atoms with E-state index in [1.54, 1.807) is 30.3 Å². The number of halogens is 3. The van der Waals surface area contributed by atoms with E-state index in [0.717, 1.165) is 12.1 Å². The van der Waals surface area contributed by atoms with Crippen molar-refractivity contribution in [2.75, 3.05) is 0 Å². The molecule has 5 heteroatoms. The first-order valence-corrected chi connectivity index (χ1v) is 6.99. The van der Waals surface area contributed by atoms with Crippen LogP contribution >= 0.6 is 0 Å². The molecular formula is C15H11F3OS. The number of alkyl halides is 3. The Morgan fingerprint density at radius 1 is 0.900 bits per heavy atom. The molecule has 0 radical (unpaired) electrons. The van der Waals surface area contributed by atoms with Crippen LogP contribution in [0, 0.1) is 0 Å². The summed E-state index contributed by atoms with van der Waals surface area (Å²) in [5.74, 6) is 0. The number of hydrogen-bond donors (Lipinski definition) is 0. The normalized spacial score (nSPS) is 13.6. The summed E-state index contributed by atoms with van der Waals surface area (Å²) in [7, 11) is -1.31. The Labute approximate surface area is 117 Å². The molecule has 0 saturated heterocycles. The number of rotatable bonds is 3. The minimum absolute atomic E-state index is 0.572. The molecule has 20 heavy (non-hydrogen) atoms. The van der Waals surface area contributed by atoms with Crippen molar-refractivity contribution in [2.45, 2.75) is 11.1 Å². The minimum atomic E-state index is -4.34. The second-order valence-corrected chi connectivity index (χ2v) is 5.37. The first-order chi connectivity index (χ1) is 9.47. The molecule has 2 aromatic rings. The van der Waals surface area contributed by atoms with E-state index in [2.05, 4.69) is 0 Å². The Morgan fingerprint density at radius 3 is 2.05 bits per heavy atom. The van der Waals surface area contributed by atoms with E-state index in [1.807, 2.05) is 6.07 Å². The molecule has 0 aromatic heterocycles. The van der Waals surface area contributed by atoms with Crippen LogP contribution in [-0.2, 0) is 17.0 Å². The van der Waals surface area contributed by atoms with E-state index in [-0.39, 0.29) is 0 Å². The summed E-state index contributed by atoms with van der Waals surface area (Å²) in [6.45, 7) is 0. The van der Waals surface area contributed by atoms with Crippen LogP contribution in [0.2, 0.25) is 0 Å². The molecule has 1 atom stereocenters. The van der Waals surface area contributed by atoms with Crippen LogP contribution in [0.3, 0.4) is 0 Å². The standard InChI is InChI=1S/C15H11F3OS/c16-15(17,18)13-8-6-12(7-9-13)10-11-20(19)14-4-2-1-3-5-14/h1-11H/b11-10+. The Morgan fingerprint density at radius 2 is 1.50 bits per heavy atom. The van der Waals surface area contributed by atoms with E-state index in [1.165, 1.54) is 17.5 Å². The van der Waals surface area contributed by atoms with Crippen molar-refractivity contribution in [3.8, 4) is 0 Å². The zero-order chi connectivity index (χ0) is 14.6. The molecule has 2 aromatic carbocycles. The number of hydrogen-bond acceptors (Lipinski definition) is 1. The zero-order valence-corrected chi connectivity index (χ0v) is 11.1. The monoisotopic (exact) mass is 296 g/mol. The van der Waals surface area contributed by atoms with E-state index in [9.17, 15) is 17.4 Å². The maximum atomic E-state index is 12.4. The lowest BCUT2D eigenvalue weighted by molar-refractivity contribution is -0.137. The summed E-state index contributed by atoms with van der Waals surface area (Å²) in [5, 5.41) is 1.46. The number of benzene rings is 2. The minimum Gasteiger partial charge on any atom is -0.250 e. The van der Waals surface area contributed by atoms with Gasteiger partial charge in [0, 0.05) is 10.3 Å². The Bertz CT molecular complexity index is 616. The molecule has 2 rings (SSSR count). The van der Waals surface area contributed by atoms with Gasteiger partial charge in [-0.3, -0.25) is 0 Å². The van der Waals surface area contributed by atoms with Crippen molar-refractivity contribution < 1.29 is 17.4 Å². The van der Waals surface area contributed by atoms with Crippen molar-refractivity contribution in [2.24, 2.45) is 0 Å². The summed E-state index contributed by atoms with van der Waals surface area (Å²) in [5.41, 5.74) is -0.124. The summed E-state index contributed by atoms with van der Waals surface area (Å²) in [6.07, 6.45) is -2.79. The molecule has 0 aliphatic heterocycles. The maximum Gasteiger partial charge on any atom is 0.416 e. The highest BCUT2D eigenvalue weighted by molar-refractivity contribution is 7.88. The Kier molecular flexibility index (Phi) is 4.39. The fraction of sp³-hybridized carbons (Fsp3) is 0.0667. The van der Waals surface area contributed by atoms with E-state index < -0.39 is 22.5 Å². The molecule has 0 aliphatic rings. The van der Waals surface area contributed by atoms with Gasteiger partial charge in [-0.25, -0.2) is 4.21 Å². The van der Waals surface area contributed by atoms with Gasteiger partial charge in [0.15, 0.2) is 0 Å². The van der Waals surface area contributed by atoms with Crippen molar-refractivity contribution in [1.29, 1.82) is 0 Å². The lowest BCUT2D eigenvalue weighted by Gasteiger charge is -2.05. The molecular weight excluding hydrogens is 285 g/mol. The van der Waals surface area contributed by atoms with Gasteiger partial charge >= 0.3 is 6.18 Å². The predicted octanol–water partition coefficient (Wildman–Crippen LogP) is 4.48. The van der Waals surface area contributed by atoms with Crippen LogP contribution in [-0.4, -0.2) is 4.21 Å². The first-order valence-electron chi connectivity index (χ1n) is 5.78. The zero-order valence-electron chi connectivity index (χ0n) is 10.3. The van der Waals surface area contributed by atoms with Gasteiger partial charge in [0.2, 0.25) is 0 Å². The van der Waals surface area contributed by atoms with Gasteiger partial charge in [-0.05, 0) is 35.9 Å². The topological polar surface area (TPSA) is 17.1 Å². The molecule has 0 fully saturated rings. The van der Waals surface area contributed by atoms with Gasteiger partial charge in [-0.15, -0.1) is 0 Å². The average Bonchev–Trinajstić information content (AvgIpc) is 2.45. The third kappa shape index (κ3) is 3.81. The molecule has 0 spiro atoms. The quantitative estimate of drug-likeness (QED) is 0.816. The SMILES string of the molecule is O=S(/C=C/c1ccc(C(F)(F)F)cc1)c1ccccc1. The van der Waals surface area contributed by atoms with Crippen LogP contribution < -0.4 is 0 Å². The third-order valence-corrected chi connectivity index (χ3v) is 3.72. The van der Waals surface area contributed by atoms with Gasteiger partial charge < -0.3 is 0 Å². The van der Waals surface area contributed by atoms with Crippen molar-refractivity contribution in [3.05, 3.63) is 71.1 Å². The van der Waals surface area contributed by atoms with Crippen molar-refractivity contribution >= 4 is 16.9 Å². The molecule has 0 N–H and O–H groups in total. The summed E-state index contributed by atoms with van der Waals surface area (Å²) >= 11 is 0. The molecule has 0 amide bonds. The fourth-order valence-corrected chi connectivity index (χ4v) is 2.42. The first kappa shape index (κ1) is 14.5. The lowest BCUT2D eigenvalue weighted by Crippen LogP contribution is -2.03.